The maximum Gasteiger partial charge on any atom is 0.516 e. The van der Waals surface area contributed by atoms with E-state index in [9.17, 15) is 14.4 Å². The van der Waals surface area contributed by atoms with Crippen LogP contribution in [0, 0.1) is 5.92 Å². The smallest absolute Gasteiger partial charge is 0.444 e. The van der Waals surface area contributed by atoms with Crippen molar-refractivity contribution in [2.24, 2.45) is 11.7 Å². The van der Waals surface area contributed by atoms with E-state index in [-0.39, 0.29) is 12.3 Å². The van der Waals surface area contributed by atoms with Crippen LogP contribution in [0.1, 0.15) is 54.9 Å². The lowest BCUT2D eigenvalue weighted by atomic mass is 10.0. The molecule has 2 atom stereocenters. The molecule has 146 valence electrons. The van der Waals surface area contributed by atoms with Gasteiger partial charge in [0.25, 0.3) is 0 Å². The molecule has 0 aliphatic heterocycles. The Morgan fingerprint density at radius 1 is 1.00 bits per heavy atom. The van der Waals surface area contributed by atoms with Crippen LogP contribution in [-0.2, 0) is 19.0 Å². The number of rotatable bonds is 5. The van der Waals surface area contributed by atoms with Crippen LogP contribution in [0.3, 0.4) is 0 Å². The fourth-order valence-electron chi connectivity index (χ4n) is 1.77. The highest BCUT2D eigenvalue weighted by Crippen LogP contribution is 2.17. The molecule has 8 heteroatoms. The van der Waals surface area contributed by atoms with Crippen LogP contribution in [0.2, 0.25) is 0 Å². The van der Waals surface area contributed by atoms with Crippen molar-refractivity contribution in [3.05, 3.63) is 0 Å². The van der Waals surface area contributed by atoms with Crippen molar-refractivity contribution < 1.29 is 28.6 Å². The average molecular weight is 360 g/mol. The first-order chi connectivity index (χ1) is 11.2. The highest BCUT2D eigenvalue weighted by Gasteiger charge is 2.34. The van der Waals surface area contributed by atoms with Crippen LogP contribution >= 0.6 is 0 Å². The number of amides is 1. The lowest BCUT2D eigenvalue weighted by Gasteiger charge is -2.30. The van der Waals surface area contributed by atoms with Crippen LogP contribution in [-0.4, -0.2) is 54.0 Å². The molecule has 0 fully saturated rings. The highest BCUT2D eigenvalue weighted by atomic mass is 16.7. The van der Waals surface area contributed by atoms with Crippen molar-refractivity contribution in [1.82, 2.24) is 4.90 Å². The Kier molecular flexibility index (Phi) is 8.37. The second-order valence-electron chi connectivity index (χ2n) is 8.07. The minimum absolute atomic E-state index is 0.0685. The van der Waals surface area contributed by atoms with E-state index in [0.717, 1.165) is 4.90 Å². The number of esters is 1. The van der Waals surface area contributed by atoms with E-state index in [1.807, 2.05) is 6.92 Å². The Balaban J connectivity index is 5.17. The second-order valence-corrected chi connectivity index (χ2v) is 8.07. The summed E-state index contributed by atoms with van der Waals surface area (Å²) in [7, 11) is 1.42. The number of nitrogens with two attached hydrogens (primary N) is 1. The number of ether oxygens (including phenoxy) is 3. The van der Waals surface area contributed by atoms with Gasteiger partial charge in [0.05, 0.1) is 0 Å². The van der Waals surface area contributed by atoms with E-state index in [4.69, 9.17) is 19.9 Å². The number of hydrogen-bond acceptors (Lipinski definition) is 7. The SMILES string of the molecule is CC(CN)C[C@@H](C(=O)OC(=O)OC(C)(C)C)N(C)C(=O)OC(C)(C)C. The molecule has 0 saturated carbocycles. The Labute approximate surface area is 150 Å². The van der Waals surface area contributed by atoms with Gasteiger partial charge >= 0.3 is 18.2 Å². The summed E-state index contributed by atoms with van der Waals surface area (Å²) in [6, 6.07) is -1.01. The van der Waals surface area contributed by atoms with E-state index in [2.05, 4.69) is 0 Å². The molecule has 0 saturated heterocycles. The number of likely N-dealkylation sites (N-methyl/N-ethyl adjacent to an activating group) is 1. The Hall–Kier alpha value is -1.83. The molecule has 0 aromatic rings. The zero-order chi connectivity index (χ0) is 20.0. The van der Waals surface area contributed by atoms with E-state index in [1.165, 1.54) is 7.05 Å². The minimum atomic E-state index is -1.11. The van der Waals surface area contributed by atoms with E-state index in [0.29, 0.717) is 6.54 Å². The first-order valence-corrected chi connectivity index (χ1v) is 8.27. The van der Waals surface area contributed by atoms with Gasteiger partial charge in [-0.25, -0.2) is 14.4 Å². The maximum absolute atomic E-state index is 12.4. The van der Waals surface area contributed by atoms with Crippen molar-refractivity contribution in [3.8, 4) is 0 Å². The first kappa shape index (κ1) is 23.2. The zero-order valence-corrected chi connectivity index (χ0v) is 16.5. The number of carbonyl (C=O) groups excluding carboxylic acids is 3. The van der Waals surface area contributed by atoms with Gasteiger partial charge in [-0.1, -0.05) is 6.92 Å². The fourth-order valence-corrected chi connectivity index (χ4v) is 1.77. The lowest BCUT2D eigenvalue weighted by Crippen LogP contribution is -2.47. The van der Waals surface area contributed by atoms with E-state index >= 15 is 0 Å². The van der Waals surface area contributed by atoms with Crippen molar-refractivity contribution in [1.29, 1.82) is 0 Å². The molecule has 0 bridgehead atoms. The molecule has 0 aromatic heterocycles. The molecular formula is C17H32N2O6. The van der Waals surface area contributed by atoms with Crippen molar-refractivity contribution in [2.75, 3.05) is 13.6 Å². The van der Waals surface area contributed by atoms with Gasteiger partial charge in [-0.2, -0.15) is 0 Å². The molecule has 0 aliphatic carbocycles. The van der Waals surface area contributed by atoms with Crippen LogP contribution in [0.5, 0.6) is 0 Å². The molecule has 1 amide bonds. The molecule has 2 N–H and O–H groups in total. The lowest BCUT2D eigenvalue weighted by molar-refractivity contribution is -0.147. The fraction of sp³-hybridized carbons (Fsp3) is 0.824. The third-order valence-electron chi connectivity index (χ3n) is 3.02. The van der Waals surface area contributed by atoms with Gasteiger partial charge < -0.3 is 19.9 Å². The standard InChI is InChI=1S/C17H32N2O6/c1-11(10-18)9-12(19(8)14(21)24-16(2,3)4)13(20)23-15(22)25-17(5,6)7/h11-12H,9-10,18H2,1-8H3/t11?,12-/m0/s1. The Morgan fingerprint density at radius 3 is 1.88 bits per heavy atom. The molecule has 25 heavy (non-hydrogen) atoms. The number of hydrogen-bond donors (Lipinski definition) is 1. The van der Waals surface area contributed by atoms with Gasteiger partial charge in [-0.05, 0) is 60.4 Å². The molecule has 0 radical (unpaired) electrons. The van der Waals surface area contributed by atoms with Gasteiger partial charge in [0.1, 0.15) is 17.2 Å². The quantitative estimate of drug-likeness (QED) is 0.593. The first-order valence-electron chi connectivity index (χ1n) is 8.27. The molecule has 0 heterocycles. The summed E-state index contributed by atoms with van der Waals surface area (Å²) in [5, 5.41) is 0. The van der Waals surface area contributed by atoms with Gasteiger partial charge in [-0.15, -0.1) is 0 Å². The molecule has 1 unspecified atom stereocenters. The predicted molar refractivity (Wildman–Crippen MR) is 92.9 cm³/mol. The zero-order valence-electron chi connectivity index (χ0n) is 16.5. The van der Waals surface area contributed by atoms with Gasteiger partial charge in [0.2, 0.25) is 0 Å². The van der Waals surface area contributed by atoms with Crippen molar-refractivity contribution >= 4 is 18.2 Å². The predicted octanol–water partition coefficient (Wildman–Crippen LogP) is 2.69. The molecular weight excluding hydrogens is 328 g/mol. The van der Waals surface area contributed by atoms with Crippen LogP contribution in [0.25, 0.3) is 0 Å². The summed E-state index contributed by atoms with van der Waals surface area (Å²) >= 11 is 0. The van der Waals surface area contributed by atoms with Crippen LogP contribution in [0.4, 0.5) is 9.59 Å². The summed E-state index contributed by atoms with van der Waals surface area (Å²) in [6.07, 6.45) is -1.57. The number of nitrogens with zero attached hydrogens (tertiary/aromatic N) is 1. The topological polar surface area (TPSA) is 108 Å². The van der Waals surface area contributed by atoms with Crippen LogP contribution in [0.15, 0.2) is 0 Å². The van der Waals surface area contributed by atoms with E-state index < -0.39 is 35.5 Å². The average Bonchev–Trinajstić information content (AvgIpc) is 2.39. The van der Waals surface area contributed by atoms with Gasteiger partial charge in [-0.3, -0.25) is 4.90 Å². The summed E-state index contributed by atoms with van der Waals surface area (Å²) in [5.74, 6) is -0.955. The molecule has 8 nitrogen and oxygen atoms in total. The Bertz CT molecular complexity index is 479. The summed E-state index contributed by atoms with van der Waals surface area (Å²) < 4.78 is 15.0. The van der Waals surface area contributed by atoms with Crippen molar-refractivity contribution in [2.45, 2.75) is 72.1 Å². The summed E-state index contributed by atoms with van der Waals surface area (Å²) in [6.45, 7) is 12.3. The van der Waals surface area contributed by atoms with Crippen LogP contribution < -0.4 is 5.73 Å². The van der Waals surface area contributed by atoms with Gasteiger partial charge in [0.15, 0.2) is 0 Å². The van der Waals surface area contributed by atoms with Crippen molar-refractivity contribution in [3.63, 3.8) is 0 Å². The van der Waals surface area contributed by atoms with E-state index in [1.54, 1.807) is 41.5 Å². The largest absolute Gasteiger partial charge is 0.516 e. The van der Waals surface area contributed by atoms with Gasteiger partial charge in [0, 0.05) is 7.05 Å². The molecule has 0 spiro atoms. The maximum atomic E-state index is 12.4. The minimum Gasteiger partial charge on any atom is -0.444 e. The third kappa shape index (κ3) is 9.91. The molecule has 0 aromatic carbocycles. The monoisotopic (exact) mass is 360 g/mol. The molecule has 0 aliphatic rings. The second kappa shape index (κ2) is 9.03. The third-order valence-corrected chi connectivity index (χ3v) is 3.02. The highest BCUT2D eigenvalue weighted by molar-refractivity contribution is 5.88. The summed E-state index contributed by atoms with van der Waals surface area (Å²) in [4.78, 5) is 37.5. The Morgan fingerprint density at radius 2 is 1.48 bits per heavy atom. The molecule has 0 rings (SSSR count). The normalized spacial score (nSPS) is 14.3. The number of carbonyl (C=O) groups is 3. The summed E-state index contributed by atoms with van der Waals surface area (Å²) in [5.41, 5.74) is 4.09.